The molecule has 0 saturated carbocycles. The van der Waals surface area contributed by atoms with Crippen LogP contribution in [-0.2, 0) is 6.42 Å². The molecule has 0 bridgehead atoms. The molecule has 0 aliphatic carbocycles. The highest BCUT2D eigenvalue weighted by atomic mass is 16.5. The second-order valence-electron chi connectivity index (χ2n) is 3.78. The summed E-state index contributed by atoms with van der Waals surface area (Å²) in [4.78, 5) is 0. The fourth-order valence-electron chi connectivity index (χ4n) is 1.43. The second kappa shape index (κ2) is 5.01. The van der Waals surface area contributed by atoms with Gasteiger partial charge in [-0.15, -0.1) is 0 Å². The number of hydrogen-bond acceptors (Lipinski definition) is 2. The first-order valence-corrected chi connectivity index (χ1v) is 4.91. The number of ether oxygens (including phenoxy) is 1. The largest absolute Gasteiger partial charge is 0.497 e. The molecule has 14 heavy (non-hydrogen) atoms. The average Bonchev–Trinajstić information content (AvgIpc) is 2.21. The number of aryl methyl sites for hydroxylation is 1. The van der Waals surface area contributed by atoms with Gasteiger partial charge in [-0.25, -0.2) is 0 Å². The second-order valence-corrected chi connectivity index (χ2v) is 3.78. The van der Waals surface area contributed by atoms with E-state index in [-0.39, 0.29) is 6.61 Å². The standard InChI is InChI=1S/C12H18O2/c1-9(8-13)6-11-7-12(14-3)5-4-10(11)2/h4-5,7,9,13H,6,8H2,1-3H3. The SMILES string of the molecule is COc1ccc(C)c(CC(C)CO)c1. The van der Waals surface area contributed by atoms with E-state index < -0.39 is 0 Å². The van der Waals surface area contributed by atoms with Crippen molar-refractivity contribution >= 4 is 0 Å². The summed E-state index contributed by atoms with van der Waals surface area (Å²) in [6.45, 7) is 4.36. The Morgan fingerprint density at radius 3 is 2.71 bits per heavy atom. The molecule has 0 aliphatic heterocycles. The van der Waals surface area contributed by atoms with Crippen LogP contribution in [0.1, 0.15) is 18.1 Å². The monoisotopic (exact) mass is 194 g/mol. The molecule has 0 fully saturated rings. The lowest BCUT2D eigenvalue weighted by atomic mass is 9.98. The van der Waals surface area contributed by atoms with Crippen molar-refractivity contribution in [3.05, 3.63) is 29.3 Å². The molecule has 0 amide bonds. The van der Waals surface area contributed by atoms with Crippen LogP contribution in [0.3, 0.4) is 0 Å². The van der Waals surface area contributed by atoms with Crippen LogP contribution >= 0.6 is 0 Å². The maximum atomic E-state index is 8.98. The van der Waals surface area contributed by atoms with Gasteiger partial charge in [0, 0.05) is 6.61 Å². The Balaban J connectivity index is 2.83. The Kier molecular flexibility index (Phi) is 3.96. The zero-order valence-corrected chi connectivity index (χ0v) is 9.08. The Morgan fingerprint density at radius 1 is 1.43 bits per heavy atom. The molecule has 0 spiro atoms. The van der Waals surface area contributed by atoms with Gasteiger partial charge >= 0.3 is 0 Å². The molecule has 0 aliphatic rings. The van der Waals surface area contributed by atoms with Gasteiger partial charge in [0.1, 0.15) is 5.75 Å². The molecule has 1 N–H and O–H groups in total. The molecule has 0 aromatic heterocycles. The van der Waals surface area contributed by atoms with Crippen molar-refractivity contribution < 1.29 is 9.84 Å². The number of benzene rings is 1. The predicted molar refractivity (Wildman–Crippen MR) is 57.7 cm³/mol. The summed E-state index contributed by atoms with van der Waals surface area (Å²) < 4.78 is 5.16. The van der Waals surface area contributed by atoms with E-state index in [9.17, 15) is 0 Å². The highest BCUT2D eigenvalue weighted by molar-refractivity contribution is 5.35. The van der Waals surface area contributed by atoms with Crippen LogP contribution in [0.2, 0.25) is 0 Å². The van der Waals surface area contributed by atoms with Crippen LogP contribution in [0.4, 0.5) is 0 Å². The lowest BCUT2D eigenvalue weighted by Crippen LogP contribution is -2.05. The third-order valence-electron chi connectivity index (χ3n) is 2.44. The smallest absolute Gasteiger partial charge is 0.119 e. The van der Waals surface area contributed by atoms with E-state index in [4.69, 9.17) is 9.84 Å². The molecule has 78 valence electrons. The van der Waals surface area contributed by atoms with Crippen molar-refractivity contribution in [1.82, 2.24) is 0 Å². The molecular weight excluding hydrogens is 176 g/mol. The quantitative estimate of drug-likeness (QED) is 0.796. The summed E-state index contributed by atoms with van der Waals surface area (Å²) in [6, 6.07) is 6.06. The van der Waals surface area contributed by atoms with Crippen LogP contribution in [0.25, 0.3) is 0 Å². The summed E-state index contributed by atoms with van der Waals surface area (Å²) in [5.41, 5.74) is 2.51. The van der Waals surface area contributed by atoms with E-state index in [1.807, 2.05) is 19.1 Å². The highest BCUT2D eigenvalue weighted by Gasteiger charge is 2.05. The summed E-state index contributed by atoms with van der Waals surface area (Å²) >= 11 is 0. The Bertz CT molecular complexity index is 294. The Hall–Kier alpha value is -1.02. The van der Waals surface area contributed by atoms with Gasteiger partial charge in [0.2, 0.25) is 0 Å². The van der Waals surface area contributed by atoms with Crippen molar-refractivity contribution in [2.45, 2.75) is 20.3 Å². The third-order valence-corrected chi connectivity index (χ3v) is 2.44. The molecule has 1 unspecified atom stereocenters. The van der Waals surface area contributed by atoms with Crippen molar-refractivity contribution in [2.24, 2.45) is 5.92 Å². The number of rotatable bonds is 4. The molecule has 0 saturated heterocycles. The van der Waals surface area contributed by atoms with Crippen molar-refractivity contribution in [2.75, 3.05) is 13.7 Å². The normalized spacial score (nSPS) is 12.6. The zero-order chi connectivity index (χ0) is 10.6. The van der Waals surface area contributed by atoms with Crippen LogP contribution in [-0.4, -0.2) is 18.8 Å². The minimum Gasteiger partial charge on any atom is -0.497 e. The number of hydrogen-bond donors (Lipinski definition) is 1. The van der Waals surface area contributed by atoms with Gasteiger partial charge in [-0.1, -0.05) is 13.0 Å². The molecule has 2 nitrogen and oxygen atoms in total. The van der Waals surface area contributed by atoms with Gasteiger partial charge in [0.05, 0.1) is 7.11 Å². The van der Waals surface area contributed by atoms with Gasteiger partial charge < -0.3 is 9.84 Å². The maximum absolute atomic E-state index is 8.98. The maximum Gasteiger partial charge on any atom is 0.119 e. The third kappa shape index (κ3) is 2.74. The van der Waals surface area contributed by atoms with Gasteiger partial charge in [-0.2, -0.15) is 0 Å². The van der Waals surface area contributed by atoms with E-state index in [1.165, 1.54) is 11.1 Å². The molecule has 2 heteroatoms. The van der Waals surface area contributed by atoms with Crippen LogP contribution in [0.15, 0.2) is 18.2 Å². The van der Waals surface area contributed by atoms with Crippen LogP contribution in [0, 0.1) is 12.8 Å². The lowest BCUT2D eigenvalue weighted by Gasteiger charge is -2.11. The summed E-state index contributed by atoms with van der Waals surface area (Å²) in [6.07, 6.45) is 0.902. The predicted octanol–water partition coefficient (Wildman–Crippen LogP) is 2.17. The lowest BCUT2D eigenvalue weighted by molar-refractivity contribution is 0.237. The number of methoxy groups -OCH3 is 1. The molecule has 1 atom stereocenters. The minimum atomic E-state index is 0.233. The Labute approximate surface area is 85.5 Å². The average molecular weight is 194 g/mol. The van der Waals surface area contributed by atoms with E-state index >= 15 is 0 Å². The Morgan fingerprint density at radius 2 is 2.14 bits per heavy atom. The van der Waals surface area contributed by atoms with Gasteiger partial charge in [0.25, 0.3) is 0 Å². The number of aliphatic hydroxyl groups excluding tert-OH is 1. The zero-order valence-electron chi connectivity index (χ0n) is 9.08. The van der Waals surface area contributed by atoms with E-state index in [1.54, 1.807) is 7.11 Å². The first-order chi connectivity index (χ1) is 6.67. The summed E-state index contributed by atoms with van der Waals surface area (Å²) in [5.74, 6) is 1.19. The highest BCUT2D eigenvalue weighted by Crippen LogP contribution is 2.19. The first kappa shape index (κ1) is 11.1. The van der Waals surface area contributed by atoms with E-state index in [0.29, 0.717) is 5.92 Å². The van der Waals surface area contributed by atoms with Crippen LogP contribution < -0.4 is 4.74 Å². The number of aliphatic hydroxyl groups is 1. The van der Waals surface area contributed by atoms with Gasteiger partial charge in [-0.3, -0.25) is 0 Å². The molecule has 1 aromatic rings. The minimum absolute atomic E-state index is 0.233. The molecule has 0 radical (unpaired) electrons. The fourth-order valence-corrected chi connectivity index (χ4v) is 1.43. The van der Waals surface area contributed by atoms with Gasteiger partial charge in [0.15, 0.2) is 0 Å². The van der Waals surface area contributed by atoms with Gasteiger partial charge in [-0.05, 0) is 42.5 Å². The summed E-state index contributed by atoms with van der Waals surface area (Å²) in [5, 5.41) is 8.98. The van der Waals surface area contributed by atoms with Crippen LogP contribution in [0.5, 0.6) is 5.75 Å². The summed E-state index contributed by atoms with van der Waals surface area (Å²) in [7, 11) is 1.67. The van der Waals surface area contributed by atoms with E-state index in [2.05, 4.69) is 13.0 Å². The van der Waals surface area contributed by atoms with Crippen molar-refractivity contribution in [3.63, 3.8) is 0 Å². The van der Waals surface area contributed by atoms with Crippen molar-refractivity contribution in [1.29, 1.82) is 0 Å². The molecular formula is C12H18O2. The molecule has 0 heterocycles. The van der Waals surface area contributed by atoms with Crippen molar-refractivity contribution in [3.8, 4) is 5.75 Å². The topological polar surface area (TPSA) is 29.5 Å². The molecule has 1 rings (SSSR count). The molecule has 1 aromatic carbocycles. The first-order valence-electron chi connectivity index (χ1n) is 4.91. The fraction of sp³-hybridized carbons (Fsp3) is 0.500. The van der Waals surface area contributed by atoms with E-state index in [0.717, 1.165) is 12.2 Å².